The number of ether oxygens (including phenoxy) is 1. The predicted octanol–water partition coefficient (Wildman–Crippen LogP) is 4.08. The molecule has 1 fully saturated rings. The van der Waals surface area contributed by atoms with Gasteiger partial charge in [0.05, 0.1) is 15.6 Å². The van der Waals surface area contributed by atoms with E-state index in [1.54, 1.807) is 19.1 Å². The zero-order valence-corrected chi connectivity index (χ0v) is 19.4. The first-order valence-electron chi connectivity index (χ1n) is 9.54. The summed E-state index contributed by atoms with van der Waals surface area (Å²) in [4.78, 5) is 24.9. The Kier molecular flexibility index (Phi) is 6.95. The average molecular weight is 485 g/mol. The van der Waals surface area contributed by atoms with Crippen LogP contribution < -0.4 is 4.72 Å². The third kappa shape index (κ3) is 5.20. The summed E-state index contributed by atoms with van der Waals surface area (Å²) in [7, 11) is -3.91. The van der Waals surface area contributed by atoms with Crippen LogP contribution >= 0.6 is 23.2 Å². The van der Waals surface area contributed by atoms with Crippen molar-refractivity contribution in [2.45, 2.75) is 44.2 Å². The SMILES string of the molecule is C=CCn1c(C)cc(C(=O)COC(=O)c2cc(S(=O)(=O)NC3CC3)c(Cl)cc2Cl)c1C. The van der Waals surface area contributed by atoms with Crippen LogP contribution in [0.3, 0.4) is 0 Å². The van der Waals surface area contributed by atoms with Gasteiger partial charge >= 0.3 is 5.97 Å². The maximum absolute atomic E-state index is 12.6. The Balaban J connectivity index is 1.78. The summed E-state index contributed by atoms with van der Waals surface area (Å²) < 4.78 is 34.6. The van der Waals surface area contributed by atoms with Crippen LogP contribution in [0, 0.1) is 13.8 Å². The van der Waals surface area contributed by atoms with Gasteiger partial charge < -0.3 is 9.30 Å². The van der Waals surface area contributed by atoms with Crippen LogP contribution in [0.25, 0.3) is 0 Å². The van der Waals surface area contributed by atoms with Gasteiger partial charge in [-0.2, -0.15) is 0 Å². The van der Waals surface area contributed by atoms with E-state index in [9.17, 15) is 18.0 Å². The van der Waals surface area contributed by atoms with Gasteiger partial charge in [-0.1, -0.05) is 29.3 Å². The first kappa shape index (κ1) is 23.5. The maximum Gasteiger partial charge on any atom is 0.340 e. The van der Waals surface area contributed by atoms with Crippen molar-refractivity contribution in [1.29, 1.82) is 0 Å². The van der Waals surface area contributed by atoms with Crippen LogP contribution in [0.2, 0.25) is 10.0 Å². The number of esters is 1. The third-order valence-corrected chi connectivity index (χ3v) is 7.25. The number of carbonyl (C=O) groups excluding carboxylic acids is 2. The molecule has 0 amide bonds. The van der Waals surface area contributed by atoms with Gasteiger partial charge in [-0.25, -0.2) is 17.9 Å². The third-order valence-electron chi connectivity index (χ3n) is 4.95. The molecule has 0 atom stereocenters. The van der Waals surface area contributed by atoms with E-state index < -0.39 is 22.6 Å². The fraction of sp³-hybridized carbons (Fsp3) is 0.333. The molecule has 2 aromatic rings. The lowest BCUT2D eigenvalue weighted by molar-refractivity contribution is 0.0474. The lowest BCUT2D eigenvalue weighted by atomic mass is 10.1. The number of benzene rings is 1. The van der Waals surface area contributed by atoms with E-state index in [0.29, 0.717) is 12.1 Å². The molecule has 0 unspecified atom stereocenters. The van der Waals surface area contributed by atoms with E-state index in [2.05, 4.69) is 11.3 Å². The second-order valence-electron chi connectivity index (χ2n) is 7.34. The van der Waals surface area contributed by atoms with Gasteiger partial charge in [0, 0.05) is 29.5 Å². The molecule has 1 saturated carbocycles. The van der Waals surface area contributed by atoms with Crippen LogP contribution in [0.5, 0.6) is 0 Å². The highest BCUT2D eigenvalue weighted by atomic mass is 35.5. The number of Topliss-reactive ketones (excluding diaryl/α,β-unsaturated/α-hetero) is 1. The summed E-state index contributed by atoms with van der Waals surface area (Å²) in [6, 6.07) is 3.83. The maximum atomic E-state index is 12.6. The van der Waals surface area contributed by atoms with Crippen LogP contribution in [0.4, 0.5) is 0 Å². The zero-order chi connectivity index (χ0) is 22.9. The van der Waals surface area contributed by atoms with Crippen molar-refractivity contribution in [2.24, 2.45) is 0 Å². The summed E-state index contributed by atoms with van der Waals surface area (Å²) in [6.45, 7) is 7.40. The molecule has 1 aromatic heterocycles. The highest BCUT2D eigenvalue weighted by Gasteiger charge is 2.30. The number of carbonyl (C=O) groups is 2. The molecular weight excluding hydrogens is 463 g/mol. The van der Waals surface area contributed by atoms with Gasteiger partial charge in [0.2, 0.25) is 15.8 Å². The Morgan fingerprint density at radius 1 is 1.19 bits per heavy atom. The van der Waals surface area contributed by atoms with Crippen molar-refractivity contribution in [1.82, 2.24) is 9.29 Å². The van der Waals surface area contributed by atoms with Gasteiger partial charge in [-0.15, -0.1) is 6.58 Å². The Bertz CT molecular complexity index is 1170. The number of allylic oxidation sites excluding steroid dienone is 1. The van der Waals surface area contributed by atoms with Gasteiger partial charge in [-0.3, -0.25) is 4.79 Å². The molecule has 0 bridgehead atoms. The van der Waals surface area contributed by atoms with E-state index in [-0.39, 0.29) is 32.3 Å². The quantitative estimate of drug-likeness (QED) is 0.328. The summed E-state index contributed by atoms with van der Waals surface area (Å²) in [6.07, 6.45) is 3.21. The minimum Gasteiger partial charge on any atom is -0.454 e. The first-order valence-corrected chi connectivity index (χ1v) is 11.8. The lowest BCUT2D eigenvalue weighted by Crippen LogP contribution is -2.26. The molecule has 3 rings (SSSR count). The molecule has 0 spiro atoms. The molecule has 1 aromatic carbocycles. The molecule has 0 radical (unpaired) electrons. The number of sulfonamides is 1. The van der Waals surface area contributed by atoms with Crippen molar-refractivity contribution < 1.29 is 22.7 Å². The predicted molar refractivity (Wildman–Crippen MR) is 119 cm³/mol. The van der Waals surface area contributed by atoms with E-state index in [0.717, 1.165) is 30.3 Å². The van der Waals surface area contributed by atoms with Crippen molar-refractivity contribution >= 4 is 45.0 Å². The Morgan fingerprint density at radius 3 is 2.48 bits per heavy atom. The van der Waals surface area contributed by atoms with Gasteiger partial charge in [-0.05, 0) is 44.9 Å². The Hall–Kier alpha value is -2.13. The van der Waals surface area contributed by atoms with Crippen molar-refractivity contribution in [3.05, 3.63) is 63.4 Å². The largest absolute Gasteiger partial charge is 0.454 e. The number of hydrogen-bond donors (Lipinski definition) is 1. The first-order chi connectivity index (χ1) is 14.5. The number of hydrogen-bond acceptors (Lipinski definition) is 5. The van der Waals surface area contributed by atoms with E-state index in [4.69, 9.17) is 27.9 Å². The number of rotatable bonds is 9. The van der Waals surface area contributed by atoms with Crippen molar-refractivity contribution in [3.63, 3.8) is 0 Å². The summed E-state index contributed by atoms with van der Waals surface area (Å²) >= 11 is 12.1. The molecule has 10 heteroatoms. The average Bonchev–Trinajstić information content (AvgIpc) is 3.45. The molecule has 31 heavy (non-hydrogen) atoms. The molecule has 1 aliphatic carbocycles. The zero-order valence-electron chi connectivity index (χ0n) is 17.1. The highest BCUT2D eigenvalue weighted by molar-refractivity contribution is 7.89. The second kappa shape index (κ2) is 9.16. The van der Waals surface area contributed by atoms with Crippen LogP contribution in [-0.4, -0.2) is 37.4 Å². The molecule has 166 valence electrons. The molecule has 1 N–H and O–H groups in total. The monoisotopic (exact) mass is 484 g/mol. The second-order valence-corrected chi connectivity index (χ2v) is 9.84. The van der Waals surface area contributed by atoms with Crippen LogP contribution in [-0.2, 0) is 21.3 Å². The van der Waals surface area contributed by atoms with Crippen molar-refractivity contribution in [3.8, 4) is 0 Å². The molecule has 0 saturated heterocycles. The normalized spacial score (nSPS) is 13.8. The fourth-order valence-corrected chi connectivity index (χ4v) is 5.31. The van der Waals surface area contributed by atoms with Gasteiger partial charge in [0.15, 0.2) is 6.61 Å². The number of ketones is 1. The summed E-state index contributed by atoms with van der Waals surface area (Å²) in [5.41, 5.74) is 1.87. The minimum atomic E-state index is -3.91. The smallest absolute Gasteiger partial charge is 0.340 e. The van der Waals surface area contributed by atoms with Crippen LogP contribution in [0.15, 0.2) is 35.7 Å². The van der Waals surface area contributed by atoms with Gasteiger partial charge in [0.1, 0.15) is 4.90 Å². The van der Waals surface area contributed by atoms with Gasteiger partial charge in [0.25, 0.3) is 0 Å². The van der Waals surface area contributed by atoms with Crippen molar-refractivity contribution in [2.75, 3.05) is 6.61 Å². The Morgan fingerprint density at radius 2 is 1.87 bits per heavy atom. The lowest BCUT2D eigenvalue weighted by Gasteiger charge is -2.11. The number of aromatic nitrogens is 1. The fourth-order valence-electron chi connectivity index (χ4n) is 3.16. The number of aryl methyl sites for hydroxylation is 1. The molecular formula is C21H22Cl2N2O5S. The molecule has 0 aliphatic heterocycles. The standard InChI is InChI=1S/C21H22Cl2N2O5S/c1-4-7-25-12(2)8-15(13(25)3)19(26)11-30-21(27)16-9-20(18(23)10-17(16)22)31(28,29)24-14-5-6-14/h4,8-10,14,24H,1,5-7,11H2,2-3H3. The molecule has 1 heterocycles. The number of halogens is 2. The molecule has 7 nitrogen and oxygen atoms in total. The van der Waals surface area contributed by atoms with E-state index >= 15 is 0 Å². The number of nitrogens with one attached hydrogen (secondary N) is 1. The highest BCUT2D eigenvalue weighted by Crippen LogP contribution is 2.31. The summed E-state index contributed by atoms with van der Waals surface area (Å²) in [5.74, 6) is -1.30. The summed E-state index contributed by atoms with van der Waals surface area (Å²) in [5, 5.41) is -0.183. The number of nitrogens with zero attached hydrogens (tertiary/aromatic N) is 1. The van der Waals surface area contributed by atoms with E-state index in [1.807, 2.05) is 11.5 Å². The van der Waals surface area contributed by atoms with Crippen LogP contribution in [0.1, 0.15) is 44.9 Å². The van der Waals surface area contributed by atoms with E-state index in [1.165, 1.54) is 6.07 Å². The minimum absolute atomic E-state index is 0.0722. The topological polar surface area (TPSA) is 94.5 Å². The molecule has 1 aliphatic rings. The Labute approximate surface area is 191 Å².